The van der Waals surface area contributed by atoms with Crippen LogP contribution in [0, 0.1) is 0 Å². The second-order valence-electron chi connectivity index (χ2n) is 3.72. The summed E-state index contributed by atoms with van der Waals surface area (Å²) in [4.78, 5) is 27.1. The number of carbonyl (C=O) groups is 2. The van der Waals surface area contributed by atoms with E-state index in [0.29, 0.717) is 26.3 Å². The number of carbonyl (C=O) groups excluding carboxylic acids is 1. The zero-order valence-corrected chi connectivity index (χ0v) is 9.09. The van der Waals surface area contributed by atoms with E-state index in [2.05, 4.69) is 10.6 Å². The quantitative estimate of drug-likeness (QED) is 0.631. The van der Waals surface area contributed by atoms with Gasteiger partial charge in [-0.15, -0.1) is 0 Å². The van der Waals surface area contributed by atoms with Gasteiger partial charge >= 0.3 is 5.97 Å². The SMILES string of the molecule is O=C(O)C1=NOC(C(=O)NN2CCOCC2)C1. The Bertz CT molecular complexity index is 351. The molecule has 8 nitrogen and oxygen atoms in total. The molecular formula is C9H13N3O5. The van der Waals surface area contributed by atoms with Gasteiger partial charge in [-0.05, 0) is 0 Å². The Kier molecular flexibility index (Phi) is 3.55. The topological polar surface area (TPSA) is 100 Å². The van der Waals surface area contributed by atoms with Gasteiger partial charge in [0, 0.05) is 19.5 Å². The zero-order valence-electron chi connectivity index (χ0n) is 9.09. The molecule has 0 aromatic rings. The van der Waals surface area contributed by atoms with Crippen LogP contribution in [-0.2, 0) is 19.2 Å². The smallest absolute Gasteiger partial charge is 0.353 e. The molecule has 1 fully saturated rings. The highest BCUT2D eigenvalue weighted by Crippen LogP contribution is 2.11. The van der Waals surface area contributed by atoms with Crippen LogP contribution >= 0.6 is 0 Å². The molecule has 0 aliphatic carbocycles. The molecule has 1 unspecified atom stereocenters. The van der Waals surface area contributed by atoms with Crippen LogP contribution in [0.1, 0.15) is 6.42 Å². The van der Waals surface area contributed by atoms with E-state index in [9.17, 15) is 9.59 Å². The van der Waals surface area contributed by atoms with E-state index < -0.39 is 12.1 Å². The fourth-order valence-corrected chi connectivity index (χ4v) is 1.55. The van der Waals surface area contributed by atoms with E-state index >= 15 is 0 Å². The van der Waals surface area contributed by atoms with Gasteiger partial charge < -0.3 is 14.7 Å². The van der Waals surface area contributed by atoms with Crippen molar-refractivity contribution in [1.82, 2.24) is 10.4 Å². The van der Waals surface area contributed by atoms with Gasteiger partial charge in [0.1, 0.15) is 0 Å². The number of ether oxygens (including phenoxy) is 1. The first-order valence-corrected chi connectivity index (χ1v) is 5.26. The number of oxime groups is 1. The number of aliphatic carboxylic acids is 1. The number of hydrazine groups is 1. The van der Waals surface area contributed by atoms with E-state index in [1.54, 1.807) is 5.01 Å². The second-order valence-corrected chi connectivity index (χ2v) is 3.72. The predicted octanol–water partition coefficient (Wildman–Crippen LogP) is -1.42. The average molecular weight is 243 g/mol. The number of nitrogens with one attached hydrogen (secondary N) is 1. The molecule has 1 saturated heterocycles. The molecule has 2 heterocycles. The summed E-state index contributed by atoms with van der Waals surface area (Å²) in [6, 6.07) is 0. The Balaban J connectivity index is 1.80. The van der Waals surface area contributed by atoms with Crippen LogP contribution < -0.4 is 5.43 Å². The predicted molar refractivity (Wildman–Crippen MR) is 55.1 cm³/mol. The molecule has 0 spiro atoms. The first-order valence-electron chi connectivity index (χ1n) is 5.26. The third-order valence-corrected chi connectivity index (χ3v) is 2.49. The summed E-state index contributed by atoms with van der Waals surface area (Å²) < 4.78 is 5.13. The number of hydrogen-bond acceptors (Lipinski definition) is 6. The van der Waals surface area contributed by atoms with E-state index in [-0.39, 0.29) is 18.0 Å². The third kappa shape index (κ3) is 2.92. The first-order chi connectivity index (χ1) is 8.16. The maximum atomic E-state index is 11.7. The molecule has 2 aliphatic heterocycles. The van der Waals surface area contributed by atoms with Gasteiger partial charge in [0.15, 0.2) is 5.71 Å². The summed E-state index contributed by atoms with van der Waals surface area (Å²) in [7, 11) is 0. The van der Waals surface area contributed by atoms with Crippen molar-refractivity contribution < 1.29 is 24.3 Å². The van der Waals surface area contributed by atoms with Crippen LogP contribution in [0.25, 0.3) is 0 Å². The third-order valence-electron chi connectivity index (χ3n) is 2.49. The van der Waals surface area contributed by atoms with Crippen molar-refractivity contribution in [3.63, 3.8) is 0 Å². The highest BCUT2D eigenvalue weighted by molar-refractivity contribution is 6.36. The minimum absolute atomic E-state index is 0.00843. The van der Waals surface area contributed by atoms with E-state index in [1.807, 2.05) is 0 Å². The number of nitrogens with zero attached hydrogens (tertiary/aromatic N) is 2. The van der Waals surface area contributed by atoms with Gasteiger partial charge in [0.05, 0.1) is 13.2 Å². The Morgan fingerprint density at radius 3 is 2.71 bits per heavy atom. The fourth-order valence-electron chi connectivity index (χ4n) is 1.55. The largest absolute Gasteiger partial charge is 0.477 e. The second kappa shape index (κ2) is 5.11. The van der Waals surface area contributed by atoms with Crippen molar-refractivity contribution in [3.05, 3.63) is 0 Å². The molecule has 2 rings (SSSR count). The highest BCUT2D eigenvalue weighted by atomic mass is 16.6. The molecule has 8 heteroatoms. The minimum Gasteiger partial charge on any atom is -0.477 e. The van der Waals surface area contributed by atoms with Crippen molar-refractivity contribution in [2.75, 3.05) is 26.3 Å². The molecule has 0 aromatic heterocycles. The molecular weight excluding hydrogens is 230 g/mol. The standard InChI is InChI=1S/C9H13N3O5/c13-8(10-12-1-3-16-4-2-12)7-5-6(9(14)15)11-17-7/h7H,1-5H2,(H,10,13)(H,14,15). The van der Waals surface area contributed by atoms with E-state index in [4.69, 9.17) is 14.7 Å². The Labute approximate surface area is 97.1 Å². The van der Waals surface area contributed by atoms with Crippen LogP contribution in [0.3, 0.4) is 0 Å². The molecule has 0 radical (unpaired) electrons. The lowest BCUT2D eigenvalue weighted by molar-refractivity contribution is -0.138. The van der Waals surface area contributed by atoms with Crippen LogP contribution in [0.4, 0.5) is 0 Å². The number of carboxylic acids is 1. The van der Waals surface area contributed by atoms with Crippen LogP contribution in [0.2, 0.25) is 0 Å². The van der Waals surface area contributed by atoms with Gasteiger partial charge in [0.2, 0.25) is 6.10 Å². The number of morpholine rings is 1. The Morgan fingerprint density at radius 2 is 2.12 bits per heavy atom. The first kappa shape index (κ1) is 11.8. The fraction of sp³-hybridized carbons (Fsp3) is 0.667. The average Bonchev–Trinajstić information content (AvgIpc) is 2.79. The number of amides is 1. The zero-order chi connectivity index (χ0) is 12.3. The molecule has 0 saturated carbocycles. The summed E-state index contributed by atoms with van der Waals surface area (Å²) in [5.41, 5.74) is 2.51. The summed E-state index contributed by atoms with van der Waals surface area (Å²) in [6.07, 6.45) is -0.866. The van der Waals surface area contributed by atoms with Crippen molar-refractivity contribution in [1.29, 1.82) is 0 Å². The maximum Gasteiger partial charge on any atom is 0.353 e. The molecule has 0 aromatic carbocycles. The summed E-state index contributed by atoms with van der Waals surface area (Å²) in [6.45, 7) is 2.32. The van der Waals surface area contributed by atoms with Crippen molar-refractivity contribution in [2.45, 2.75) is 12.5 Å². The van der Waals surface area contributed by atoms with Crippen molar-refractivity contribution in [2.24, 2.45) is 5.16 Å². The van der Waals surface area contributed by atoms with Crippen LogP contribution in [-0.4, -0.2) is 60.1 Å². The van der Waals surface area contributed by atoms with E-state index in [1.165, 1.54) is 0 Å². The number of carboxylic acid groups (broad SMARTS) is 1. The minimum atomic E-state index is -1.16. The van der Waals surface area contributed by atoms with Gasteiger partial charge in [-0.2, -0.15) is 0 Å². The highest BCUT2D eigenvalue weighted by Gasteiger charge is 2.32. The summed E-state index contributed by atoms with van der Waals surface area (Å²) in [5.74, 6) is -1.54. The normalized spacial score (nSPS) is 24.9. The van der Waals surface area contributed by atoms with Crippen LogP contribution in [0.15, 0.2) is 5.16 Å². The van der Waals surface area contributed by atoms with Gasteiger partial charge in [0.25, 0.3) is 5.91 Å². The lowest BCUT2D eigenvalue weighted by Gasteiger charge is -2.27. The number of rotatable bonds is 3. The summed E-state index contributed by atoms with van der Waals surface area (Å²) in [5, 5.41) is 13.7. The molecule has 94 valence electrons. The lowest BCUT2D eigenvalue weighted by atomic mass is 10.2. The van der Waals surface area contributed by atoms with Gasteiger partial charge in [-0.1, -0.05) is 5.16 Å². The molecule has 2 aliphatic rings. The van der Waals surface area contributed by atoms with Gasteiger partial charge in [-0.3, -0.25) is 10.2 Å². The number of hydrogen-bond donors (Lipinski definition) is 2. The molecule has 1 amide bonds. The Hall–Kier alpha value is -1.67. The molecule has 17 heavy (non-hydrogen) atoms. The summed E-state index contributed by atoms with van der Waals surface area (Å²) >= 11 is 0. The maximum absolute atomic E-state index is 11.7. The Morgan fingerprint density at radius 1 is 1.41 bits per heavy atom. The lowest BCUT2D eigenvalue weighted by Crippen LogP contribution is -2.51. The monoisotopic (exact) mass is 243 g/mol. The molecule has 1 atom stereocenters. The van der Waals surface area contributed by atoms with Crippen LogP contribution in [0.5, 0.6) is 0 Å². The van der Waals surface area contributed by atoms with Crippen molar-refractivity contribution >= 4 is 17.6 Å². The molecule has 0 bridgehead atoms. The molecule has 2 N–H and O–H groups in total. The van der Waals surface area contributed by atoms with E-state index in [0.717, 1.165) is 0 Å². The van der Waals surface area contributed by atoms with Crippen molar-refractivity contribution in [3.8, 4) is 0 Å². The van der Waals surface area contributed by atoms with Gasteiger partial charge in [-0.25, -0.2) is 9.80 Å².